The molecule has 0 fully saturated rings. The van der Waals surface area contributed by atoms with Crippen molar-refractivity contribution in [1.82, 2.24) is 0 Å². The van der Waals surface area contributed by atoms with E-state index >= 15 is 0 Å². The van der Waals surface area contributed by atoms with Gasteiger partial charge < -0.3 is 12.9 Å². The fourth-order valence-electron chi connectivity index (χ4n) is 0.910. The van der Waals surface area contributed by atoms with E-state index in [9.17, 15) is 21.7 Å². The molecule has 0 aliphatic carbocycles. The van der Waals surface area contributed by atoms with Crippen molar-refractivity contribution < 1.29 is 73.1 Å². The van der Waals surface area contributed by atoms with Crippen molar-refractivity contribution in [2.24, 2.45) is 0 Å². The third-order valence-electron chi connectivity index (χ3n) is 1.52. The molecular weight excluding hydrogens is 321 g/mol. The largest absolute Gasteiger partial charge is 1.00 e. The van der Waals surface area contributed by atoms with E-state index in [4.69, 9.17) is 0 Å². The molecule has 0 radical (unpaired) electrons. The Balaban J connectivity index is 0.00000225. The molecule has 0 nitrogen and oxygen atoms in total. The Morgan fingerprint density at radius 3 is 2.19 bits per heavy atom. The molecule has 0 aromatic heterocycles. The van der Waals surface area contributed by atoms with Gasteiger partial charge in [0.05, 0.1) is 4.47 Å². The molecule has 0 aliphatic rings. The maximum Gasteiger partial charge on any atom is 1.00 e. The minimum Gasteiger partial charge on any atom is -0.445 e. The van der Waals surface area contributed by atoms with Gasteiger partial charge in [-0.25, -0.2) is 8.78 Å². The summed E-state index contributed by atoms with van der Waals surface area (Å²) in [6.07, 6.45) is 0.621. The molecule has 0 spiro atoms. The molecule has 0 aliphatic heterocycles. The molecule has 0 saturated heterocycles. The van der Waals surface area contributed by atoms with Gasteiger partial charge in [0.15, 0.2) is 0 Å². The van der Waals surface area contributed by atoms with Gasteiger partial charge in [-0.1, -0.05) is 6.08 Å². The molecule has 0 amide bonds. The second-order valence-corrected chi connectivity index (χ2v) is 3.57. The molecule has 1 rings (SSSR count). The summed E-state index contributed by atoms with van der Waals surface area (Å²) in [5.41, 5.74) is -0.188. The summed E-state index contributed by atoms with van der Waals surface area (Å²) < 4.78 is 60.9. The van der Waals surface area contributed by atoms with Crippen LogP contribution < -0.4 is 51.4 Å². The van der Waals surface area contributed by atoms with Crippen molar-refractivity contribution in [3.63, 3.8) is 0 Å². The summed E-state index contributed by atoms with van der Waals surface area (Å²) in [5, 5.41) is 0. The first-order valence-electron chi connectivity index (χ1n) is 3.83. The predicted molar refractivity (Wildman–Crippen MR) is 52.2 cm³/mol. The molecule has 1 aromatic carbocycles. The average molecular weight is 325 g/mol. The van der Waals surface area contributed by atoms with E-state index in [0.717, 1.165) is 6.07 Å². The van der Waals surface area contributed by atoms with Gasteiger partial charge in [-0.3, -0.25) is 0 Å². The molecule has 16 heavy (non-hydrogen) atoms. The smallest absolute Gasteiger partial charge is 0.445 e. The maximum absolute atomic E-state index is 12.9. The van der Waals surface area contributed by atoms with Crippen molar-refractivity contribution in [2.45, 2.75) is 0 Å². The Kier molecular flexibility index (Phi) is 6.98. The van der Waals surface area contributed by atoms with Crippen molar-refractivity contribution in [3.05, 3.63) is 39.8 Å². The van der Waals surface area contributed by atoms with Gasteiger partial charge in [-0.2, -0.15) is 0 Å². The van der Waals surface area contributed by atoms with E-state index in [2.05, 4.69) is 15.9 Å². The maximum atomic E-state index is 12.9. The van der Waals surface area contributed by atoms with E-state index in [1.54, 1.807) is 0 Å². The Morgan fingerprint density at radius 1 is 1.12 bits per heavy atom. The minimum atomic E-state index is -5.11. The van der Waals surface area contributed by atoms with Crippen LogP contribution in [0.15, 0.2) is 22.6 Å². The SMILES string of the molecule is Fc1cc(F)c(Br)c(/C=C/[B-](F)(F)F)c1.[K+]. The Morgan fingerprint density at radius 2 is 1.69 bits per heavy atom. The van der Waals surface area contributed by atoms with Gasteiger partial charge in [0.1, 0.15) is 11.6 Å². The molecule has 0 heterocycles. The normalized spacial score (nSPS) is 11.6. The molecular formula is C8H4BBrF5K. The third-order valence-corrected chi connectivity index (χ3v) is 2.35. The van der Waals surface area contributed by atoms with Crippen LogP contribution in [0.1, 0.15) is 5.56 Å². The molecule has 0 N–H and O–H groups in total. The van der Waals surface area contributed by atoms with E-state index in [1.807, 2.05) is 0 Å². The second kappa shape index (κ2) is 6.65. The van der Waals surface area contributed by atoms with Crippen LogP contribution in [0.4, 0.5) is 21.7 Å². The number of hydrogen-bond acceptors (Lipinski definition) is 0. The van der Waals surface area contributed by atoms with Gasteiger partial charge in [-0.15, -0.1) is 5.98 Å². The van der Waals surface area contributed by atoms with E-state index in [-0.39, 0.29) is 67.4 Å². The fourth-order valence-corrected chi connectivity index (χ4v) is 1.27. The van der Waals surface area contributed by atoms with Crippen LogP contribution in [-0.4, -0.2) is 6.98 Å². The molecule has 1 aromatic rings. The standard InChI is InChI=1S/C8H4BBrF5.K/c10-8-5(1-2-9(13,14)15)3-6(11)4-7(8)12;/h1-4H;/q-1;+1/b2-1+;. The number of benzene rings is 1. The first kappa shape index (κ1) is 16.8. The first-order chi connectivity index (χ1) is 6.79. The third kappa shape index (κ3) is 5.42. The Bertz CT molecular complexity index is 404. The summed E-state index contributed by atoms with van der Waals surface area (Å²) in [6.45, 7) is -5.11. The van der Waals surface area contributed by atoms with Crippen LogP contribution >= 0.6 is 15.9 Å². The zero-order chi connectivity index (χ0) is 11.6. The van der Waals surface area contributed by atoms with Crippen LogP contribution in [0, 0.1) is 11.6 Å². The summed E-state index contributed by atoms with van der Waals surface area (Å²) in [7, 11) is 0. The van der Waals surface area contributed by atoms with Gasteiger partial charge in [0.25, 0.3) is 0 Å². The monoisotopic (exact) mass is 324 g/mol. The predicted octanol–water partition coefficient (Wildman–Crippen LogP) is 1.13. The molecule has 0 unspecified atom stereocenters. The van der Waals surface area contributed by atoms with Crippen molar-refractivity contribution in [1.29, 1.82) is 0 Å². The zero-order valence-corrected chi connectivity index (χ0v) is 12.9. The Hall–Kier alpha value is 0.791. The molecule has 8 heteroatoms. The van der Waals surface area contributed by atoms with Gasteiger partial charge >= 0.3 is 58.4 Å². The van der Waals surface area contributed by atoms with Gasteiger partial charge in [0, 0.05) is 6.07 Å². The summed E-state index contributed by atoms with van der Waals surface area (Å²) in [5.74, 6) is -1.90. The van der Waals surface area contributed by atoms with Crippen LogP contribution in [0.25, 0.3) is 6.08 Å². The van der Waals surface area contributed by atoms with E-state index in [0.29, 0.717) is 12.1 Å². The van der Waals surface area contributed by atoms with Crippen molar-refractivity contribution >= 4 is 29.0 Å². The van der Waals surface area contributed by atoms with Gasteiger partial charge in [-0.05, 0) is 27.6 Å². The topological polar surface area (TPSA) is 0 Å². The summed E-state index contributed by atoms with van der Waals surface area (Å²) in [6, 6.07) is 1.39. The minimum absolute atomic E-state index is 0. The van der Waals surface area contributed by atoms with Crippen LogP contribution in [0.3, 0.4) is 0 Å². The Labute approximate surface area is 140 Å². The molecule has 0 bridgehead atoms. The second-order valence-electron chi connectivity index (χ2n) is 2.78. The summed E-state index contributed by atoms with van der Waals surface area (Å²) in [4.78, 5) is 0. The fraction of sp³-hybridized carbons (Fsp3) is 0. The molecule has 0 saturated carbocycles. The van der Waals surface area contributed by atoms with Crippen molar-refractivity contribution in [2.75, 3.05) is 0 Å². The van der Waals surface area contributed by atoms with Crippen LogP contribution in [0.5, 0.6) is 0 Å². The zero-order valence-electron chi connectivity index (χ0n) is 8.15. The quantitative estimate of drug-likeness (QED) is 0.435. The number of rotatable bonds is 2. The van der Waals surface area contributed by atoms with Gasteiger partial charge in [0.2, 0.25) is 0 Å². The summed E-state index contributed by atoms with van der Waals surface area (Å²) >= 11 is 2.73. The number of hydrogen-bond donors (Lipinski definition) is 0. The van der Waals surface area contributed by atoms with E-state index < -0.39 is 18.6 Å². The molecule has 0 atom stereocenters. The first-order valence-corrected chi connectivity index (χ1v) is 4.62. The average Bonchev–Trinajstić information content (AvgIpc) is 2.07. The van der Waals surface area contributed by atoms with Crippen molar-refractivity contribution in [3.8, 4) is 0 Å². The van der Waals surface area contributed by atoms with E-state index in [1.165, 1.54) is 0 Å². The van der Waals surface area contributed by atoms with Crippen LogP contribution in [0.2, 0.25) is 0 Å². The van der Waals surface area contributed by atoms with Crippen LogP contribution in [-0.2, 0) is 0 Å². The molecule has 82 valence electrons. The number of halogens is 6.